The van der Waals surface area contributed by atoms with E-state index in [1.165, 1.54) is 0 Å². The smallest absolute Gasteiger partial charge is 0.0409 e. The van der Waals surface area contributed by atoms with Crippen LogP contribution < -0.4 is 4.72 Å². The van der Waals surface area contributed by atoms with Crippen molar-refractivity contribution in [1.82, 2.24) is 4.72 Å². The van der Waals surface area contributed by atoms with Gasteiger partial charge in [-0.15, -0.1) is 0 Å². The third-order valence-corrected chi connectivity index (χ3v) is 0.957. The van der Waals surface area contributed by atoms with Gasteiger partial charge in [0.05, 0.1) is 0 Å². The van der Waals surface area contributed by atoms with Crippen LogP contribution >= 0.6 is 11.9 Å². The van der Waals surface area contributed by atoms with Crippen molar-refractivity contribution in [1.29, 1.82) is 0 Å². The van der Waals surface area contributed by atoms with E-state index in [0.29, 0.717) is 0 Å². The third-order valence-electron chi connectivity index (χ3n) is 0.502. The van der Waals surface area contributed by atoms with Gasteiger partial charge < -0.3 is 0 Å². The molecule has 0 aliphatic rings. The summed E-state index contributed by atoms with van der Waals surface area (Å²) < 4.78 is 3.02. The molecule has 0 saturated heterocycles. The molecule has 0 aromatic carbocycles. The molecule has 0 rings (SSSR count). The first-order valence-corrected chi connectivity index (χ1v) is 3.30. The van der Waals surface area contributed by atoms with Crippen LogP contribution in [-0.2, 0) is 0 Å². The van der Waals surface area contributed by atoms with Crippen LogP contribution in [0.4, 0.5) is 0 Å². The maximum atomic E-state index is 3.77. The number of rotatable bonds is 3. The fourth-order valence-corrected chi connectivity index (χ4v) is 0.453. The Kier molecular flexibility index (Phi) is 5.96. The van der Waals surface area contributed by atoms with Crippen molar-refractivity contribution in [2.45, 2.75) is 0 Å². The quantitative estimate of drug-likeness (QED) is 0.332. The highest BCUT2D eigenvalue weighted by molar-refractivity contribution is 7.96. The molecule has 0 heterocycles. The summed E-state index contributed by atoms with van der Waals surface area (Å²) >= 11 is 1.60. The molecule has 0 saturated carbocycles. The molecule has 0 radical (unpaired) electrons. The second kappa shape index (κ2) is 5.98. The molecule has 0 aromatic rings. The number of nitrogens with one attached hydrogen (secondary N) is 1. The summed E-state index contributed by atoms with van der Waals surface area (Å²) in [4.78, 5) is 3.77. The molecular weight excluding hydrogens is 108 g/mol. The van der Waals surface area contributed by atoms with Crippen molar-refractivity contribution in [2.24, 2.45) is 4.99 Å². The second-order valence-corrected chi connectivity index (χ2v) is 1.69. The van der Waals surface area contributed by atoms with E-state index >= 15 is 0 Å². The van der Waals surface area contributed by atoms with Crippen LogP contribution in [0.15, 0.2) is 4.99 Å². The average Bonchev–Trinajstić information content (AvgIpc) is 1.69. The predicted octanol–water partition coefficient (Wildman–Crippen LogP) is 0.555. The van der Waals surface area contributed by atoms with Crippen LogP contribution in [0.3, 0.4) is 0 Å². The Labute approximate surface area is 48.5 Å². The van der Waals surface area contributed by atoms with E-state index in [2.05, 4.69) is 9.71 Å². The van der Waals surface area contributed by atoms with Crippen molar-refractivity contribution in [3.8, 4) is 0 Å². The van der Waals surface area contributed by atoms with E-state index in [0.717, 1.165) is 6.54 Å². The summed E-state index contributed by atoms with van der Waals surface area (Å²) in [5.74, 6) is 0. The minimum absolute atomic E-state index is 0.859. The van der Waals surface area contributed by atoms with Gasteiger partial charge in [-0.05, 0) is 6.26 Å². The Morgan fingerprint density at radius 1 is 1.86 bits per heavy atom. The molecule has 0 fully saturated rings. The minimum Gasteiger partial charge on any atom is -0.299 e. The minimum atomic E-state index is 0.859. The lowest BCUT2D eigenvalue weighted by Gasteiger charge is -1.88. The zero-order valence-electron chi connectivity index (χ0n) is 4.64. The highest BCUT2D eigenvalue weighted by Crippen LogP contribution is 1.75. The standard InChI is InChI=1S/C4H10N2S/c1-5-3-4-6-7-2/h3,6H,4H2,1-2H3. The lowest BCUT2D eigenvalue weighted by Crippen LogP contribution is -2.04. The number of hydrogen-bond donors (Lipinski definition) is 1. The fraction of sp³-hybridized carbons (Fsp3) is 0.750. The highest BCUT2D eigenvalue weighted by atomic mass is 32.2. The number of hydrogen-bond acceptors (Lipinski definition) is 3. The average molecular weight is 118 g/mol. The summed E-state index contributed by atoms with van der Waals surface area (Å²) in [6.07, 6.45) is 3.82. The molecule has 1 N–H and O–H groups in total. The predicted molar refractivity (Wildman–Crippen MR) is 35.9 cm³/mol. The van der Waals surface area contributed by atoms with Crippen molar-refractivity contribution < 1.29 is 0 Å². The van der Waals surface area contributed by atoms with Gasteiger partial charge in [0.15, 0.2) is 0 Å². The molecule has 0 aliphatic carbocycles. The topological polar surface area (TPSA) is 24.4 Å². The fourth-order valence-electron chi connectivity index (χ4n) is 0.212. The van der Waals surface area contributed by atoms with Gasteiger partial charge in [-0.25, -0.2) is 0 Å². The molecule has 0 atom stereocenters. The molecular formula is C4H10N2S. The zero-order valence-corrected chi connectivity index (χ0v) is 5.46. The molecule has 0 aromatic heterocycles. The number of aliphatic imine (C=N–C) groups is 1. The molecule has 7 heavy (non-hydrogen) atoms. The Bertz CT molecular complexity index is 53.7. The molecule has 0 aliphatic heterocycles. The summed E-state index contributed by atoms with van der Waals surface area (Å²) in [6.45, 7) is 0.859. The van der Waals surface area contributed by atoms with E-state index < -0.39 is 0 Å². The van der Waals surface area contributed by atoms with Crippen LogP contribution in [0.1, 0.15) is 0 Å². The van der Waals surface area contributed by atoms with Crippen LogP contribution in [0.2, 0.25) is 0 Å². The van der Waals surface area contributed by atoms with Gasteiger partial charge in [-0.1, -0.05) is 11.9 Å². The summed E-state index contributed by atoms with van der Waals surface area (Å²) in [7, 11) is 1.77. The maximum absolute atomic E-state index is 3.77. The highest BCUT2D eigenvalue weighted by Gasteiger charge is 1.70. The third kappa shape index (κ3) is 5.98. The van der Waals surface area contributed by atoms with Crippen molar-refractivity contribution >= 4 is 18.2 Å². The van der Waals surface area contributed by atoms with Crippen LogP contribution in [0, 0.1) is 0 Å². The summed E-state index contributed by atoms with van der Waals surface area (Å²) in [6, 6.07) is 0. The van der Waals surface area contributed by atoms with Gasteiger partial charge >= 0.3 is 0 Å². The van der Waals surface area contributed by atoms with E-state index in [1.807, 2.05) is 12.5 Å². The van der Waals surface area contributed by atoms with Gasteiger partial charge in [0.2, 0.25) is 0 Å². The summed E-state index contributed by atoms with van der Waals surface area (Å²) in [5.41, 5.74) is 0. The zero-order chi connectivity index (χ0) is 5.54. The molecule has 42 valence electrons. The molecule has 3 heteroatoms. The van der Waals surface area contributed by atoms with Gasteiger partial charge in [0, 0.05) is 19.8 Å². The van der Waals surface area contributed by atoms with Gasteiger partial charge in [0.1, 0.15) is 0 Å². The van der Waals surface area contributed by atoms with Crippen LogP contribution in [0.25, 0.3) is 0 Å². The monoisotopic (exact) mass is 118 g/mol. The van der Waals surface area contributed by atoms with Crippen LogP contribution in [-0.4, -0.2) is 26.1 Å². The Morgan fingerprint density at radius 2 is 2.57 bits per heavy atom. The van der Waals surface area contributed by atoms with E-state index in [1.54, 1.807) is 19.0 Å². The normalized spacial score (nSPS) is 10.6. The van der Waals surface area contributed by atoms with Crippen molar-refractivity contribution in [2.75, 3.05) is 19.8 Å². The van der Waals surface area contributed by atoms with E-state index in [9.17, 15) is 0 Å². The summed E-state index contributed by atoms with van der Waals surface area (Å²) in [5, 5.41) is 0. The first kappa shape index (κ1) is 6.98. The Hall–Kier alpha value is -0.0200. The second-order valence-electron chi connectivity index (χ2n) is 0.993. The largest absolute Gasteiger partial charge is 0.299 e. The number of nitrogens with zero attached hydrogens (tertiary/aromatic N) is 1. The van der Waals surface area contributed by atoms with E-state index in [-0.39, 0.29) is 0 Å². The SMILES string of the molecule is CN=CCNSC. The van der Waals surface area contributed by atoms with Crippen molar-refractivity contribution in [3.05, 3.63) is 0 Å². The van der Waals surface area contributed by atoms with E-state index in [4.69, 9.17) is 0 Å². The van der Waals surface area contributed by atoms with Gasteiger partial charge in [-0.2, -0.15) is 0 Å². The van der Waals surface area contributed by atoms with Crippen LogP contribution in [0.5, 0.6) is 0 Å². The first-order chi connectivity index (χ1) is 3.41. The molecule has 0 unspecified atom stereocenters. The molecule has 0 bridgehead atoms. The Balaban J connectivity index is 2.69. The molecule has 0 spiro atoms. The lowest BCUT2D eigenvalue weighted by molar-refractivity contribution is 1.19. The maximum Gasteiger partial charge on any atom is 0.0409 e. The molecule has 0 amide bonds. The van der Waals surface area contributed by atoms with Gasteiger partial charge in [-0.3, -0.25) is 9.71 Å². The first-order valence-electron chi connectivity index (χ1n) is 2.08. The van der Waals surface area contributed by atoms with Crippen molar-refractivity contribution in [3.63, 3.8) is 0 Å². The lowest BCUT2D eigenvalue weighted by atomic mass is 10.8. The van der Waals surface area contributed by atoms with Gasteiger partial charge in [0.25, 0.3) is 0 Å². The Morgan fingerprint density at radius 3 is 3.00 bits per heavy atom. The molecule has 2 nitrogen and oxygen atoms in total.